The van der Waals surface area contributed by atoms with Gasteiger partial charge in [0.05, 0.1) is 18.0 Å². The lowest BCUT2D eigenvalue weighted by atomic mass is 9.79. The number of nitrogens with one attached hydrogen (secondary N) is 2. The van der Waals surface area contributed by atoms with Crippen LogP contribution in [-0.2, 0) is 9.59 Å². The summed E-state index contributed by atoms with van der Waals surface area (Å²) in [6.07, 6.45) is 4.54. The van der Waals surface area contributed by atoms with Crippen LogP contribution in [0, 0.1) is 11.8 Å². The van der Waals surface area contributed by atoms with Gasteiger partial charge < -0.3 is 10.4 Å². The van der Waals surface area contributed by atoms with Crippen molar-refractivity contribution >= 4 is 17.7 Å². The quantitative estimate of drug-likeness (QED) is 0.737. The van der Waals surface area contributed by atoms with Crippen molar-refractivity contribution in [3.63, 3.8) is 0 Å². The first kappa shape index (κ1) is 11.6. The van der Waals surface area contributed by atoms with Crippen LogP contribution in [-0.4, -0.2) is 27.2 Å². The highest BCUT2D eigenvalue weighted by atomic mass is 16.4. The van der Waals surface area contributed by atoms with E-state index < -0.39 is 17.8 Å². The molecule has 1 heterocycles. The summed E-state index contributed by atoms with van der Waals surface area (Å²) in [7, 11) is 0. The number of H-pyrrole nitrogens is 1. The van der Waals surface area contributed by atoms with Crippen molar-refractivity contribution in [1.82, 2.24) is 10.2 Å². The molecule has 1 fully saturated rings. The van der Waals surface area contributed by atoms with Gasteiger partial charge in [-0.25, -0.2) is 0 Å². The summed E-state index contributed by atoms with van der Waals surface area (Å²) in [4.78, 5) is 23.0. The number of anilines is 1. The Hall–Kier alpha value is -1.85. The minimum atomic E-state index is -0.880. The second-order valence-electron chi connectivity index (χ2n) is 4.30. The van der Waals surface area contributed by atoms with Crippen LogP contribution in [0.5, 0.6) is 0 Å². The maximum absolute atomic E-state index is 12.0. The standard InChI is InChI=1S/C11H15N3O3/c15-10(13-9-5-6-12-14-9)7-3-1-2-4-8(7)11(16)17/h5-8H,1-4H2,(H,16,17)(H2,12,13,14,15)/t7-,8+/m1/s1. The van der Waals surface area contributed by atoms with Crippen LogP contribution in [0.4, 0.5) is 5.82 Å². The summed E-state index contributed by atoms with van der Waals surface area (Å²) in [5, 5.41) is 18.1. The highest BCUT2D eigenvalue weighted by Crippen LogP contribution is 2.31. The first-order valence-electron chi connectivity index (χ1n) is 5.71. The zero-order valence-corrected chi connectivity index (χ0v) is 9.35. The number of aliphatic carboxylic acids is 1. The van der Waals surface area contributed by atoms with Crippen LogP contribution < -0.4 is 5.32 Å². The van der Waals surface area contributed by atoms with E-state index in [2.05, 4.69) is 15.5 Å². The van der Waals surface area contributed by atoms with E-state index in [1.807, 2.05) is 0 Å². The summed E-state index contributed by atoms with van der Waals surface area (Å²) in [5.74, 6) is -1.61. The third-order valence-corrected chi connectivity index (χ3v) is 3.18. The molecule has 2 rings (SSSR count). The second-order valence-corrected chi connectivity index (χ2v) is 4.30. The molecule has 6 nitrogen and oxygen atoms in total. The third kappa shape index (κ3) is 2.64. The van der Waals surface area contributed by atoms with Crippen molar-refractivity contribution in [2.45, 2.75) is 25.7 Å². The largest absolute Gasteiger partial charge is 0.481 e. The van der Waals surface area contributed by atoms with Crippen molar-refractivity contribution < 1.29 is 14.7 Å². The van der Waals surface area contributed by atoms with Crippen LogP contribution >= 0.6 is 0 Å². The van der Waals surface area contributed by atoms with Crippen molar-refractivity contribution in [3.05, 3.63) is 12.3 Å². The summed E-state index contributed by atoms with van der Waals surface area (Å²) in [5.41, 5.74) is 0. The Morgan fingerprint density at radius 1 is 1.35 bits per heavy atom. The lowest BCUT2D eigenvalue weighted by molar-refractivity contribution is -0.147. The summed E-state index contributed by atoms with van der Waals surface area (Å²) in [6.45, 7) is 0. The molecule has 92 valence electrons. The molecule has 0 saturated heterocycles. The van der Waals surface area contributed by atoms with E-state index in [4.69, 9.17) is 5.11 Å². The predicted molar refractivity (Wildman–Crippen MR) is 60.3 cm³/mol. The van der Waals surface area contributed by atoms with Crippen molar-refractivity contribution in [1.29, 1.82) is 0 Å². The van der Waals surface area contributed by atoms with E-state index in [1.165, 1.54) is 6.20 Å². The first-order valence-corrected chi connectivity index (χ1v) is 5.71. The van der Waals surface area contributed by atoms with Gasteiger partial charge in [0.25, 0.3) is 0 Å². The Morgan fingerprint density at radius 3 is 2.65 bits per heavy atom. The van der Waals surface area contributed by atoms with Crippen LogP contribution in [0.2, 0.25) is 0 Å². The van der Waals surface area contributed by atoms with E-state index in [0.29, 0.717) is 18.7 Å². The van der Waals surface area contributed by atoms with E-state index in [1.54, 1.807) is 6.07 Å². The van der Waals surface area contributed by atoms with Crippen LogP contribution in [0.3, 0.4) is 0 Å². The number of nitrogens with zero attached hydrogens (tertiary/aromatic N) is 1. The Kier molecular flexibility index (Phi) is 3.41. The monoisotopic (exact) mass is 237 g/mol. The third-order valence-electron chi connectivity index (χ3n) is 3.18. The molecule has 0 aliphatic heterocycles. The first-order chi connectivity index (χ1) is 8.18. The Bertz CT molecular complexity index is 402. The van der Waals surface area contributed by atoms with Gasteiger partial charge in [0.15, 0.2) is 0 Å². The molecule has 3 N–H and O–H groups in total. The van der Waals surface area contributed by atoms with Gasteiger partial charge in [-0.2, -0.15) is 5.10 Å². The number of carbonyl (C=O) groups excluding carboxylic acids is 1. The molecular formula is C11H15N3O3. The highest BCUT2D eigenvalue weighted by Gasteiger charge is 2.35. The molecule has 17 heavy (non-hydrogen) atoms. The van der Waals surface area contributed by atoms with Crippen molar-refractivity contribution in [3.8, 4) is 0 Å². The molecule has 0 bridgehead atoms. The Morgan fingerprint density at radius 2 is 2.06 bits per heavy atom. The fraction of sp³-hybridized carbons (Fsp3) is 0.545. The van der Waals surface area contributed by atoms with Gasteiger partial charge in [-0.3, -0.25) is 14.7 Å². The molecule has 0 radical (unpaired) electrons. The molecule has 1 aliphatic rings. The van der Waals surface area contributed by atoms with Gasteiger partial charge in [0.1, 0.15) is 5.82 Å². The second kappa shape index (κ2) is 4.99. The lowest BCUT2D eigenvalue weighted by Gasteiger charge is -2.27. The number of hydrogen-bond donors (Lipinski definition) is 3. The smallest absolute Gasteiger partial charge is 0.307 e. The van der Waals surface area contributed by atoms with Crippen molar-refractivity contribution in [2.24, 2.45) is 11.8 Å². The van der Waals surface area contributed by atoms with Gasteiger partial charge in [0.2, 0.25) is 5.91 Å². The molecule has 0 aromatic carbocycles. The molecule has 1 aliphatic carbocycles. The number of carbonyl (C=O) groups is 2. The van der Waals surface area contributed by atoms with Crippen LogP contribution in [0.25, 0.3) is 0 Å². The molecular weight excluding hydrogens is 222 g/mol. The molecule has 0 unspecified atom stereocenters. The minimum absolute atomic E-state index is 0.235. The van der Waals surface area contributed by atoms with Gasteiger partial charge in [-0.05, 0) is 12.8 Å². The zero-order valence-electron chi connectivity index (χ0n) is 9.35. The van der Waals surface area contributed by atoms with E-state index in [-0.39, 0.29) is 5.91 Å². The number of aromatic amines is 1. The molecule has 1 saturated carbocycles. The van der Waals surface area contributed by atoms with Crippen LogP contribution in [0.15, 0.2) is 12.3 Å². The normalized spacial score (nSPS) is 24.2. The maximum atomic E-state index is 12.0. The van der Waals surface area contributed by atoms with Gasteiger partial charge in [-0.15, -0.1) is 0 Å². The average Bonchev–Trinajstić information content (AvgIpc) is 2.81. The highest BCUT2D eigenvalue weighted by molar-refractivity contribution is 5.94. The molecule has 1 amide bonds. The molecule has 6 heteroatoms. The fourth-order valence-electron chi connectivity index (χ4n) is 2.29. The summed E-state index contributed by atoms with van der Waals surface area (Å²) in [6, 6.07) is 1.64. The van der Waals surface area contributed by atoms with Gasteiger partial charge >= 0.3 is 5.97 Å². The molecule has 1 aromatic heterocycles. The topological polar surface area (TPSA) is 95.1 Å². The van der Waals surface area contributed by atoms with Gasteiger partial charge in [0, 0.05) is 6.07 Å². The predicted octanol–water partition coefficient (Wildman–Crippen LogP) is 1.24. The number of hydrogen-bond acceptors (Lipinski definition) is 3. The van der Waals surface area contributed by atoms with Crippen LogP contribution in [0.1, 0.15) is 25.7 Å². The summed E-state index contributed by atoms with van der Waals surface area (Å²) < 4.78 is 0. The number of carboxylic acids is 1. The number of carboxylic acid groups (broad SMARTS) is 1. The minimum Gasteiger partial charge on any atom is -0.481 e. The number of rotatable bonds is 3. The van der Waals surface area contributed by atoms with Crippen molar-refractivity contribution in [2.75, 3.05) is 5.32 Å². The maximum Gasteiger partial charge on any atom is 0.307 e. The zero-order chi connectivity index (χ0) is 12.3. The Labute approximate surface area is 98.4 Å². The fourth-order valence-corrected chi connectivity index (χ4v) is 2.29. The van der Waals surface area contributed by atoms with E-state index >= 15 is 0 Å². The van der Waals surface area contributed by atoms with Gasteiger partial charge in [-0.1, -0.05) is 12.8 Å². The average molecular weight is 237 g/mol. The number of amides is 1. The van der Waals surface area contributed by atoms with E-state index in [9.17, 15) is 9.59 Å². The summed E-state index contributed by atoms with van der Waals surface area (Å²) >= 11 is 0. The lowest BCUT2D eigenvalue weighted by Crippen LogP contribution is -2.36. The molecule has 0 spiro atoms. The molecule has 2 atom stereocenters. The Balaban J connectivity index is 2.03. The number of aromatic nitrogens is 2. The SMILES string of the molecule is O=C(O)[C@H]1CCCC[C@H]1C(=O)Nc1ccn[nH]1. The molecule has 1 aromatic rings. The van der Waals surface area contributed by atoms with E-state index in [0.717, 1.165) is 12.8 Å².